The summed E-state index contributed by atoms with van der Waals surface area (Å²) in [5, 5.41) is 9.47. The number of carbonyl (C=O) groups is 1. The fourth-order valence-corrected chi connectivity index (χ4v) is 4.52. The number of piperazine rings is 1. The summed E-state index contributed by atoms with van der Waals surface area (Å²) in [5.41, 5.74) is 3.96. The second-order valence-corrected chi connectivity index (χ2v) is 9.72. The molecule has 1 heterocycles. The molecule has 3 aromatic rings. The van der Waals surface area contributed by atoms with Crippen molar-refractivity contribution in [2.24, 2.45) is 0 Å². The number of amides is 1. The third-order valence-electron chi connectivity index (χ3n) is 6.91. The van der Waals surface area contributed by atoms with Crippen LogP contribution in [-0.4, -0.2) is 71.5 Å². The van der Waals surface area contributed by atoms with Crippen molar-refractivity contribution < 1.29 is 14.3 Å². The Morgan fingerprint density at radius 2 is 1.59 bits per heavy atom. The minimum Gasteiger partial charge on any atom is -0.508 e. The lowest BCUT2D eigenvalue weighted by atomic mass is 10.0. The van der Waals surface area contributed by atoms with E-state index in [1.807, 2.05) is 61.2 Å². The summed E-state index contributed by atoms with van der Waals surface area (Å²) < 4.78 is 13.0. The van der Waals surface area contributed by atoms with Gasteiger partial charge in [-0.2, -0.15) is 0 Å². The zero-order chi connectivity index (χ0) is 28.8. The Bertz CT molecular complexity index is 1170. The Morgan fingerprint density at radius 1 is 0.949 bits per heavy atom. The van der Waals surface area contributed by atoms with Gasteiger partial charge < -0.3 is 14.9 Å². The van der Waals surface area contributed by atoms with Crippen LogP contribution < -0.4 is 0 Å². The van der Waals surface area contributed by atoms with Gasteiger partial charge in [-0.15, -0.1) is 12.8 Å². The summed E-state index contributed by atoms with van der Waals surface area (Å²) in [7, 11) is 2.16. The van der Waals surface area contributed by atoms with Gasteiger partial charge in [0.2, 0.25) is 0 Å². The van der Waals surface area contributed by atoms with Gasteiger partial charge in [0.15, 0.2) is 0 Å². The third-order valence-corrected chi connectivity index (χ3v) is 6.91. The summed E-state index contributed by atoms with van der Waals surface area (Å²) in [6, 6.07) is 22.4. The van der Waals surface area contributed by atoms with Crippen molar-refractivity contribution in [3.05, 3.63) is 101 Å². The molecule has 1 aliphatic heterocycles. The van der Waals surface area contributed by atoms with E-state index in [0.717, 1.165) is 67.9 Å². The first-order chi connectivity index (χ1) is 18.8. The van der Waals surface area contributed by atoms with E-state index >= 15 is 0 Å². The Labute approximate surface area is 233 Å². The fourth-order valence-electron chi connectivity index (χ4n) is 4.52. The molecule has 1 fully saturated rings. The average Bonchev–Trinajstić information content (AvgIpc) is 2.93. The zero-order valence-corrected chi connectivity index (χ0v) is 23.7. The van der Waals surface area contributed by atoms with Crippen LogP contribution in [0.4, 0.5) is 4.39 Å². The molecule has 1 amide bonds. The molecule has 0 spiro atoms. The van der Waals surface area contributed by atoms with Crippen LogP contribution in [0.3, 0.4) is 0 Å². The van der Waals surface area contributed by atoms with Crippen molar-refractivity contribution in [1.82, 2.24) is 14.7 Å². The van der Waals surface area contributed by atoms with Gasteiger partial charge >= 0.3 is 0 Å². The van der Waals surface area contributed by atoms with E-state index in [2.05, 4.69) is 36.6 Å². The predicted octanol–water partition coefficient (Wildman–Crippen LogP) is 5.68. The van der Waals surface area contributed by atoms with Gasteiger partial charge in [-0.3, -0.25) is 9.69 Å². The molecule has 39 heavy (non-hydrogen) atoms. The van der Waals surface area contributed by atoms with Gasteiger partial charge in [-0.25, -0.2) is 4.39 Å². The maximum absolute atomic E-state index is 13.0. The minimum absolute atomic E-state index is 0.0731. The van der Waals surface area contributed by atoms with E-state index in [-0.39, 0.29) is 17.5 Å². The predicted molar refractivity (Wildman–Crippen MR) is 158 cm³/mol. The molecule has 1 atom stereocenters. The van der Waals surface area contributed by atoms with Crippen LogP contribution in [0.1, 0.15) is 47.8 Å². The lowest BCUT2D eigenvalue weighted by Gasteiger charge is -2.37. The third kappa shape index (κ3) is 10.2. The van der Waals surface area contributed by atoms with Crippen LogP contribution in [-0.2, 0) is 13.0 Å². The lowest BCUT2D eigenvalue weighted by Crippen LogP contribution is -2.49. The molecule has 0 saturated carbocycles. The molecule has 0 aliphatic carbocycles. The van der Waals surface area contributed by atoms with E-state index in [0.29, 0.717) is 6.04 Å². The van der Waals surface area contributed by atoms with E-state index in [1.54, 1.807) is 24.3 Å². The van der Waals surface area contributed by atoms with Crippen molar-refractivity contribution in [1.29, 1.82) is 0 Å². The van der Waals surface area contributed by atoms with Crippen molar-refractivity contribution in [3.63, 3.8) is 0 Å². The molecule has 3 aromatic carbocycles. The summed E-state index contributed by atoms with van der Waals surface area (Å²) in [5.74, 6) is 0.212. The number of hydrogen-bond acceptors (Lipinski definition) is 4. The van der Waals surface area contributed by atoms with Gasteiger partial charge in [0.25, 0.3) is 5.91 Å². The number of phenols is 1. The molecule has 1 aliphatic rings. The van der Waals surface area contributed by atoms with Gasteiger partial charge in [-0.05, 0) is 87.3 Å². The maximum atomic E-state index is 13.0. The fraction of sp³-hybridized carbons (Fsp3) is 0.364. The number of phenolic OH excluding ortho intramolecular Hbond substituents is 1. The number of nitrogens with zero attached hydrogens (tertiary/aromatic N) is 3. The number of terminal acetylenes is 1. The number of aromatic hydroxyl groups is 1. The molecule has 0 aromatic heterocycles. The number of carbonyl (C=O) groups excluding carboxylic acids is 1. The van der Waals surface area contributed by atoms with E-state index in [9.17, 15) is 14.3 Å². The van der Waals surface area contributed by atoms with E-state index in [4.69, 9.17) is 0 Å². The van der Waals surface area contributed by atoms with Crippen LogP contribution in [0.25, 0.3) is 0 Å². The molecule has 5 nitrogen and oxygen atoms in total. The lowest BCUT2D eigenvalue weighted by molar-refractivity contribution is 0.0773. The molecule has 4 rings (SSSR count). The van der Waals surface area contributed by atoms with Crippen LogP contribution in [0.15, 0.2) is 72.8 Å². The molecule has 1 saturated heterocycles. The normalized spacial score (nSPS) is 15.3. The van der Waals surface area contributed by atoms with Crippen molar-refractivity contribution in [2.45, 2.75) is 39.8 Å². The zero-order valence-electron chi connectivity index (χ0n) is 23.7. The van der Waals surface area contributed by atoms with Gasteiger partial charge in [0, 0.05) is 50.9 Å². The average molecular weight is 532 g/mol. The maximum Gasteiger partial charge on any atom is 0.253 e. The summed E-state index contributed by atoms with van der Waals surface area (Å²) in [4.78, 5) is 18.8. The molecule has 0 radical (unpaired) electrons. The minimum atomic E-state index is -0.139. The van der Waals surface area contributed by atoms with Crippen LogP contribution >= 0.6 is 0 Å². The first kappa shape index (κ1) is 31.6. The Balaban J connectivity index is 0.000000265. The molecule has 1 N–H and O–H groups in total. The van der Waals surface area contributed by atoms with Gasteiger partial charge in [0.05, 0.1) is 0 Å². The molecule has 0 unspecified atom stereocenters. The first-order valence-corrected chi connectivity index (χ1v) is 13.5. The molecule has 6 heteroatoms. The molecular weight excluding hydrogens is 489 g/mol. The molecular formula is C33H42FN3O2. The largest absolute Gasteiger partial charge is 0.508 e. The Hall–Kier alpha value is -3.66. The Kier molecular flexibility index (Phi) is 13.2. The second kappa shape index (κ2) is 16.3. The number of rotatable bonds is 7. The molecule has 0 bridgehead atoms. The smallest absolute Gasteiger partial charge is 0.253 e. The standard InChI is InChI=1S/C18H21NO2.C13H19FN2.C2H2/c1-3-19(4-2)18(21)16-10-8-14(9-11-16)12-15-6-5-7-17(20)13-15;1-11-9-16(7-6-15(11)2)10-12-4-3-5-13(14)8-12;1-2/h5-11,13,20H,3-4,12H2,1-2H3;3-5,8,11H,6-7,9-10H2,1-2H3;1-2H/t;11-;/m.0./s1. The number of likely N-dealkylation sites (N-methyl/N-ethyl adjacent to an activating group) is 1. The summed E-state index contributed by atoms with van der Waals surface area (Å²) in [6.45, 7) is 11.7. The number of halogens is 1. The van der Waals surface area contributed by atoms with Crippen LogP contribution in [0.5, 0.6) is 5.75 Å². The van der Waals surface area contributed by atoms with Crippen molar-refractivity contribution >= 4 is 5.91 Å². The van der Waals surface area contributed by atoms with Gasteiger partial charge in [0.1, 0.15) is 11.6 Å². The van der Waals surface area contributed by atoms with Crippen LogP contribution in [0, 0.1) is 18.7 Å². The number of hydrogen-bond donors (Lipinski definition) is 1. The Morgan fingerprint density at radius 3 is 2.18 bits per heavy atom. The van der Waals surface area contributed by atoms with Crippen molar-refractivity contribution in [2.75, 3.05) is 39.8 Å². The van der Waals surface area contributed by atoms with Crippen molar-refractivity contribution in [3.8, 4) is 18.6 Å². The highest BCUT2D eigenvalue weighted by Crippen LogP contribution is 2.16. The van der Waals surface area contributed by atoms with E-state index < -0.39 is 0 Å². The SMILES string of the molecule is C#C.CCN(CC)C(=O)c1ccc(Cc2cccc(O)c2)cc1.C[C@H]1CN(Cc2cccc(F)c2)CCN1C. The summed E-state index contributed by atoms with van der Waals surface area (Å²) in [6.07, 6.45) is 8.74. The molecule has 208 valence electrons. The summed E-state index contributed by atoms with van der Waals surface area (Å²) >= 11 is 0. The second-order valence-electron chi connectivity index (χ2n) is 9.72. The highest BCUT2D eigenvalue weighted by Gasteiger charge is 2.20. The van der Waals surface area contributed by atoms with Gasteiger partial charge in [-0.1, -0.05) is 36.4 Å². The van der Waals surface area contributed by atoms with E-state index in [1.165, 1.54) is 6.07 Å². The van der Waals surface area contributed by atoms with Crippen LogP contribution in [0.2, 0.25) is 0 Å². The topological polar surface area (TPSA) is 47.0 Å². The highest BCUT2D eigenvalue weighted by molar-refractivity contribution is 5.94. The first-order valence-electron chi connectivity index (χ1n) is 13.5. The monoisotopic (exact) mass is 531 g/mol. The quantitative estimate of drug-likeness (QED) is 0.399. The number of benzene rings is 3. The highest BCUT2D eigenvalue weighted by atomic mass is 19.1.